The van der Waals surface area contributed by atoms with Gasteiger partial charge in [-0.05, 0) is 18.6 Å². The highest BCUT2D eigenvalue weighted by atomic mass is 32.2. The van der Waals surface area contributed by atoms with E-state index in [1.165, 1.54) is 6.07 Å². The first kappa shape index (κ1) is 8.53. The number of aryl methyl sites for hydroxylation is 1. The van der Waals surface area contributed by atoms with Crippen molar-refractivity contribution in [2.75, 3.05) is 0 Å². The van der Waals surface area contributed by atoms with Gasteiger partial charge in [-0.1, -0.05) is 12.1 Å². The summed E-state index contributed by atoms with van der Waals surface area (Å²) in [4.78, 5) is 0. The van der Waals surface area contributed by atoms with Gasteiger partial charge in [-0.15, -0.1) is 0 Å². The molecular weight excluding hydrogens is 166 g/mol. The van der Waals surface area contributed by atoms with Crippen LogP contribution < -0.4 is 0 Å². The minimum atomic E-state index is -0.324. The van der Waals surface area contributed by atoms with Crippen molar-refractivity contribution < 1.29 is 8.28 Å². The second kappa shape index (κ2) is 3.72. The molecule has 0 unspecified atom stereocenters. The van der Waals surface area contributed by atoms with E-state index in [1.54, 1.807) is 19.1 Å². The highest BCUT2D eigenvalue weighted by Crippen LogP contribution is 2.16. The Morgan fingerprint density at radius 3 is 2.73 bits per heavy atom. The van der Waals surface area contributed by atoms with Crippen LogP contribution in [0.25, 0.3) is 0 Å². The quantitative estimate of drug-likeness (QED) is 0.663. The van der Waals surface area contributed by atoms with Crippen LogP contribution in [0.5, 0.6) is 0 Å². The molecule has 0 N–H and O–H groups in total. The fraction of sp³-hybridized carbons (Fsp3) is 0.250. The Hall–Kier alpha value is -0.570. The van der Waals surface area contributed by atoms with Crippen molar-refractivity contribution in [1.82, 2.24) is 0 Å². The Labute approximate surface area is 68.9 Å². The molecule has 1 rings (SSSR count). The molecule has 3 heteroatoms. The molecule has 0 fully saturated rings. The Balaban J connectivity index is 2.90. The first-order valence-corrected chi connectivity index (χ1v) is 4.11. The summed E-state index contributed by atoms with van der Waals surface area (Å²) in [5.41, 5.74) is 1.28. The van der Waals surface area contributed by atoms with Gasteiger partial charge in [0.25, 0.3) is 0 Å². The topological polar surface area (TPSA) is 0 Å². The summed E-state index contributed by atoms with van der Waals surface area (Å²) in [7, 11) is 0. The normalized spacial score (nSPS) is 10.1. The van der Waals surface area contributed by atoms with Crippen LogP contribution >= 0.6 is 12.1 Å². The molecule has 1 aromatic rings. The largest absolute Gasteiger partial charge is 0.207 e. The van der Waals surface area contributed by atoms with Gasteiger partial charge >= 0.3 is 0 Å². The summed E-state index contributed by atoms with van der Waals surface area (Å²) in [6.45, 7) is 1.80. The summed E-state index contributed by atoms with van der Waals surface area (Å²) in [5.74, 6) is -0.235. The van der Waals surface area contributed by atoms with Gasteiger partial charge in [0.1, 0.15) is 5.82 Å². The van der Waals surface area contributed by atoms with Crippen molar-refractivity contribution in [2.24, 2.45) is 0 Å². The third-order valence-electron chi connectivity index (χ3n) is 1.42. The molecule has 0 aliphatic heterocycles. The highest BCUT2D eigenvalue weighted by molar-refractivity contribution is 7.93. The third-order valence-corrected chi connectivity index (χ3v) is 1.84. The van der Waals surface area contributed by atoms with Gasteiger partial charge in [0.2, 0.25) is 0 Å². The van der Waals surface area contributed by atoms with Crippen molar-refractivity contribution in [3.05, 3.63) is 35.1 Å². The Morgan fingerprint density at radius 1 is 1.45 bits per heavy atom. The van der Waals surface area contributed by atoms with Crippen LogP contribution in [0.1, 0.15) is 11.1 Å². The predicted molar refractivity (Wildman–Crippen MR) is 43.5 cm³/mol. The molecule has 0 bridgehead atoms. The van der Waals surface area contributed by atoms with Crippen LogP contribution in [-0.2, 0) is 5.75 Å². The van der Waals surface area contributed by atoms with E-state index < -0.39 is 0 Å². The Morgan fingerprint density at radius 2 is 2.18 bits per heavy atom. The first-order chi connectivity index (χ1) is 5.24. The van der Waals surface area contributed by atoms with Crippen LogP contribution in [0.15, 0.2) is 18.2 Å². The van der Waals surface area contributed by atoms with Gasteiger partial charge < -0.3 is 0 Å². The van der Waals surface area contributed by atoms with Crippen molar-refractivity contribution >= 4 is 12.1 Å². The van der Waals surface area contributed by atoms with Gasteiger partial charge in [-0.3, -0.25) is 0 Å². The standard InChI is InChI=1S/C8H8F2S/c1-6-2-3-7(5-11-10)8(9)4-6/h2-4H,5H2,1H3. The second-order valence-corrected chi connectivity index (χ2v) is 2.86. The highest BCUT2D eigenvalue weighted by Gasteiger charge is 2.01. The molecule has 0 saturated carbocycles. The molecule has 0 aliphatic carbocycles. The predicted octanol–water partition coefficient (Wildman–Crippen LogP) is 3.25. The molecule has 0 heterocycles. The molecule has 1 aromatic carbocycles. The number of hydrogen-bond donors (Lipinski definition) is 0. The van der Waals surface area contributed by atoms with E-state index in [4.69, 9.17) is 0 Å². The first-order valence-electron chi connectivity index (χ1n) is 3.22. The minimum absolute atomic E-state index is 0.0894. The van der Waals surface area contributed by atoms with E-state index in [9.17, 15) is 8.28 Å². The SMILES string of the molecule is Cc1ccc(CSF)c(F)c1. The van der Waals surface area contributed by atoms with E-state index in [2.05, 4.69) is 0 Å². The Bertz CT molecular complexity index is 248. The molecular formula is C8H8F2S. The molecule has 0 aliphatic rings. The van der Waals surface area contributed by atoms with E-state index in [-0.39, 0.29) is 23.7 Å². The fourth-order valence-corrected chi connectivity index (χ4v) is 1.18. The number of halogens is 2. The average molecular weight is 174 g/mol. The van der Waals surface area contributed by atoms with Gasteiger partial charge in [-0.25, -0.2) is 4.39 Å². The molecule has 60 valence electrons. The molecule has 11 heavy (non-hydrogen) atoms. The molecule has 0 radical (unpaired) electrons. The lowest BCUT2D eigenvalue weighted by Crippen LogP contribution is -1.86. The zero-order chi connectivity index (χ0) is 8.27. The fourth-order valence-electron chi connectivity index (χ4n) is 0.828. The smallest absolute Gasteiger partial charge is 0.127 e. The Kier molecular flexibility index (Phi) is 2.88. The van der Waals surface area contributed by atoms with E-state index in [0.29, 0.717) is 5.56 Å². The zero-order valence-electron chi connectivity index (χ0n) is 6.10. The lowest BCUT2D eigenvalue weighted by atomic mass is 10.2. The lowest BCUT2D eigenvalue weighted by Gasteiger charge is -1.99. The maximum atomic E-state index is 12.9. The van der Waals surface area contributed by atoms with Crippen LogP contribution in [-0.4, -0.2) is 0 Å². The molecule has 0 nitrogen and oxygen atoms in total. The number of hydrogen-bond acceptors (Lipinski definition) is 1. The molecule has 0 aromatic heterocycles. The second-order valence-electron chi connectivity index (χ2n) is 2.35. The summed E-state index contributed by atoms with van der Waals surface area (Å²) in [6, 6.07) is 4.79. The van der Waals surface area contributed by atoms with Crippen LogP contribution in [0.3, 0.4) is 0 Å². The summed E-state index contributed by atoms with van der Waals surface area (Å²) in [5, 5.41) is 0. The van der Waals surface area contributed by atoms with Crippen LogP contribution in [0, 0.1) is 12.7 Å². The van der Waals surface area contributed by atoms with Crippen molar-refractivity contribution in [1.29, 1.82) is 0 Å². The molecule has 0 amide bonds. The monoisotopic (exact) mass is 174 g/mol. The van der Waals surface area contributed by atoms with E-state index in [1.807, 2.05) is 0 Å². The number of benzene rings is 1. The van der Waals surface area contributed by atoms with Crippen molar-refractivity contribution in [3.8, 4) is 0 Å². The maximum absolute atomic E-state index is 12.9. The molecule has 0 atom stereocenters. The number of rotatable bonds is 2. The zero-order valence-corrected chi connectivity index (χ0v) is 6.92. The summed E-state index contributed by atoms with van der Waals surface area (Å²) < 4.78 is 24.6. The summed E-state index contributed by atoms with van der Waals surface area (Å²) >= 11 is 0.135. The maximum Gasteiger partial charge on any atom is 0.127 e. The van der Waals surface area contributed by atoms with Gasteiger partial charge in [-0.2, -0.15) is 3.89 Å². The van der Waals surface area contributed by atoms with Crippen LogP contribution in [0.2, 0.25) is 0 Å². The molecule has 0 saturated heterocycles. The molecule has 0 spiro atoms. The van der Waals surface area contributed by atoms with Gasteiger partial charge in [0.05, 0.1) is 5.75 Å². The van der Waals surface area contributed by atoms with Gasteiger partial charge in [0.15, 0.2) is 0 Å². The van der Waals surface area contributed by atoms with E-state index in [0.717, 1.165) is 5.56 Å². The third kappa shape index (κ3) is 2.19. The van der Waals surface area contributed by atoms with Gasteiger partial charge in [0, 0.05) is 17.7 Å². The van der Waals surface area contributed by atoms with E-state index >= 15 is 0 Å². The van der Waals surface area contributed by atoms with Crippen molar-refractivity contribution in [2.45, 2.75) is 12.7 Å². The summed E-state index contributed by atoms with van der Waals surface area (Å²) in [6.07, 6.45) is 0. The van der Waals surface area contributed by atoms with Crippen molar-refractivity contribution in [3.63, 3.8) is 0 Å². The lowest BCUT2D eigenvalue weighted by molar-refractivity contribution is 0.615. The van der Waals surface area contributed by atoms with Crippen LogP contribution in [0.4, 0.5) is 8.28 Å². The average Bonchev–Trinajstić information content (AvgIpc) is 1.95. The minimum Gasteiger partial charge on any atom is -0.207 e.